The predicted molar refractivity (Wildman–Crippen MR) is 104 cm³/mol. The lowest BCUT2D eigenvalue weighted by atomic mass is 10.0. The smallest absolute Gasteiger partial charge is 0.277 e. The Morgan fingerprint density at radius 1 is 1.00 bits per heavy atom. The zero-order chi connectivity index (χ0) is 18.8. The van der Waals surface area contributed by atoms with Crippen LogP contribution in [-0.2, 0) is 9.59 Å². The van der Waals surface area contributed by atoms with Crippen LogP contribution in [0.3, 0.4) is 0 Å². The summed E-state index contributed by atoms with van der Waals surface area (Å²) in [5.41, 5.74) is 1.82. The van der Waals surface area contributed by atoms with E-state index in [2.05, 4.69) is 16.7 Å². The fraction of sp³-hybridized carbons (Fsp3) is 0.500. The van der Waals surface area contributed by atoms with E-state index in [0.717, 1.165) is 38.3 Å². The number of benzene rings is 1. The number of halogens is 1. The maximum atomic E-state index is 13.1. The average molecular weight is 376 g/mol. The highest BCUT2D eigenvalue weighted by atomic mass is 35.5. The third-order valence-electron chi connectivity index (χ3n) is 4.96. The Balaban J connectivity index is 1.99. The topological polar surface area (TPSA) is 43.9 Å². The number of hydrogen-bond acceptors (Lipinski definition) is 4. The van der Waals surface area contributed by atoms with Gasteiger partial charge in [-0.05, 0) is 30.2 Å². The van der Waals surface area contributed by atoms with Crippen LogP contribution >= 0.6 is 11.6 Å². The Labute approximate surface area is 160 Å². The first-order valence-electron chi connectivity index (χ1n) is 9.26. The molecule has 6 heteroatoms. The molecule has 140 valence electrons. The summed E-state index contributed by atoms with van der Waals surface area (Å²) >= 11 is 6.00. The summed E-state index contributed by atoms with van der Waals surface area (Å²) in [6.45, 7) is 10.9. The van der Waals surface area contributed by atoms with E-state index in [1.807, 2.05) is 26.0 Å². The van der Waals surface area contributed by atoms with Crippen molar-refractivity contribution >= 4 is 29.0 Å². The van der Waals surface area contributed by atoms with Crippen LogP contribution in [0, 0.1) is 5.92 Å². The van der Waals surface area contributed by atoms with Crippen LogP contribution in [0.15, 0.2) is 30.0 Å². The van der Waals surface area contributed by atoms with Gasteiger partial charge in [0.1, 0.15) is 5.70 Å². The Bertz CT molecular complexity index is 719. The normalized spacial score (nSPS) is 19.3. The minimum atomic E-state index is -0.195. The van der Waals surface area contributed by atoms with Crippen molar-refractivity contribution in [2.24, 2.45) is 5.92 Å². The summed E-state index contributed by atoms with van der Waals surface area (Å²) in [4.78, 5) is 32.0. The molecule has 0 aliphatic carbocycles. The lowest BCUT2D eigenvalue weighted by Crippen LogP contribution is -2.47. The predicted octanol–water partition coefficient (Wildman–Crippen LogP) is 2.71. The van der Waals surface area contributed by atoms with Crippen LogP contribution in [0.4, 0.5) is 0 Å². The largest absolute Gasteiger partial charge is 0.364 e. The number of carbonyl (C=O) groups is 2. The van der Waals surface area contributed by atoms with Crippen molar-refractivity contribution in [1.82, 2.24) is 14.7 Å². The molecule has 0 aromatic heterocycles. The van der Waals surface area contributed by atoms with E-state index in [1.165, 1.54) is 4.90 Å². The summed E-state index contributed by atoms with van der Waals surface area (Å²) in [6, 6.07) is 7.17. The highest BCUT2D eigenvalue weighted by molar-refractivity contribution is 6.36. The van der Waals surface area contributed by atoms with E-state index in [9.17, 15) is 9.59 Å². The number of imide groups is 1. The molecule has 26 heavy (non-hydrogen) atoms. The molecule has 2 heterocycles. The molecule has 0 bridgehead atoms. The van der Waals surface area contributed by atoms with Gasteiger partial charge in [-0.1, -0.05) is 44.5 Å². The molecule has 2 aliphatic heterocycles. The first-order valence-corrected chi connectivity index (χ1v) is 9.63. The number of nitrogens with zero attached hydrogens (tertiary/aromatic N) is 3. The van der Waals surface area contributed by atoms with Gasteiger partial charge < -0.3 is 9.80 Å². The molecule has 1 aromatic rings. The van der Waals surface area contributed by atoms with Crippen molar-refractivity contribution in [3.63, 3.8) is 0 Å². The third kappa shape index (κ3) is 3.64. The molecule has 1 saturated heterocycles. The summed E-state index contributed by atoms with van der Waals surface area (Å²) in [6.07, 6.45) is 0. The summed E-state index contributed by atoms with van der Waals surface area (Å²) in [5.74, 6) is -0.136. The van der Waals surface area contributed by atoms with Gasteiger partial charge in [-0.3, -0.25) is 14.5 Å². The number of likely N-dealkylation sites (N-methyl/N-ethyl adjacent to an activating group) is 1. The van der Waals surface area contributed by atoms with Crippen LogP contribution in [-0.4, -0.2) is 65.8 Å². The maximum absolute atomic E-state index is 13.1. The highest BCUT2D eigenvalue weighted by Crippen LogP contribution is 2.33. The van der Waals surface area contributed by atoms with Crippen molar-refractivity contribution in [3.8, 4) is 0 Å². The molecule has 0 atom stereocenters. The van der Waals surface area contributed by atoms with Gasteiger partial charge in [-0.15, -0.1) is 0 Å². The van der Waals surface area contributed by atoms with Crippen LogP contribution in [0.2, 0.25) is 5.02 Å². The minimum Gasteiger partial charge on any atom is -0.364 e. The van der Waals surface area contributed by atoms with Gasteiger partial charge in [0.05, 0.1) is 5.57 Å². The fourth-order valence-corrected chi connectivity index (χ4v) is 3.68. The van der Waals surface area contributed by atoms with Crippen molar-refractivity contribution in [2.75, 3.05) is 39.3 Å². The number of hydrogen-bond donors (Lipinski definition) is 0. The van der Waals surface area contributed by atoms with E-state index in [-0.39, 0.29) is 17.7 Å². The Hall–Kier alpha value is -1.85. The minimum absolute atomic E-state index is 0.168. The number of carbonyl (C=O) groups excluding carboxylic acids is 2. The fourth-order valence-electron chi connectivity index (χ4n) is 3.55. The summed E-state index contributed by atoms with van der Waals surface area (Å²) < 4.78 is 0. The molecule has 2 amide bonds. The highest BCUT2D eigenvalue weighted by Gasteiger charge is 2.42. The van der Waals surface area contributed by atoms with Gasteiger partial charge in [0, 0.05) is 37.7 Å². The van der Waals surface area contributed by atoms with Crippen molar-refractivity contribution < 1.29 is 9.59 Å². The van der Waals surface area contributed by atoms with Crippen molar-refractivity contribution in [3.05, 3.63) is 40.5 Å². The van der Waals surface area contributed by atoms with Crippen LogP contribution in [0.1, 0.15) is 26.3 Å². The van der Waals surface area contributed by atoms with E-state index >= 15 is 0 Å². The number of amides is 2. The standard InChI is InChI=1S/C20H26ClN3O2/c1-4-22-9-11-23(12-10-22)18-17(15-5-7-16(21)8-6-15)19(25)24(20(18)26)13-14(2)3/h5-8,14H,4,9-13H2,1-3H3. The molecular weight excluding hydrogens is 350 g/mol. The quantitative estimate of drug-likeness (QED) is 0.742. The molecule has 1 fully saturated rings. The molecule has 2 aliphatic rings. The zero-order valence-electron chi connectivity index (χ0n) is 15.7. The first-order chi connectivity index (χ1) is 12.4. The van der Waals surface area contributed by atoms with E-state index in [4.69, 9.17) is 11.6 Å². The van der Waals surface area contributed by atoms with Crippen molar-refractivity contribution in [1.29, 1.82) is 0 Å². The number of piperazine rings is 1. The van der Waals surface area contributed by atoms with Gasteiger partial charge in [0.2, 0.25) is 0 Å². The molecule has 0 spiro atoms. The summed E-state index contributed by atoms with van der Waals surface area (Å²) in [7, 11) is 0. The molecule has 0 unspecified atom stereocenters. The van der Waals surface area contributed by atoms with Gasteiger partial charge in [-0.25, -0.2) is 0 Å². The Morgan fingerprint density at radius 2 is 1.62 bits per heavy atom. The molecular formula is C20H26ClN3O2. The Morgan fingerprint density at radius 3 is 2.15 bits per heavy atom. The van der Waals surface area contributed by atoms with Gasteiger partial charge >= 0.3 is 0 Å². The molecule has 0 N–H and O–H groups in total. The third-order valence-corrected chi connectivity index (χ3v) is 5.21. The van der Waals surface area contributed by atoms with Gasteiger partial charge in [0.25, 0.3) is 11.8 Å². The molecule has 0 radical (unpaired) electrons. The van der Waals surface area contributed by atoms with Crippen LogP contribution in [0.5, 0.6) is 0 Å². The number of rotatable bonds is 5. The van der Waals surface area contributed by atoms with E-state index < -0.39 is 0 Å². The lowest BCUT2D eigenvalue weighted by molar-refractivity contribution is -0.138. The molecule has 0 saturated carbocycles. The molecule has 5 nitrogen and oxygen atoms in total. The van der Waals surface area contributed by atoms with E-state index in [1.54, 1.807) is 12.1 Å². The monoisotopic (exact) mass is 375 g/mol. The molecule has 1 aromatic carbocycles. The van der Waals surface area contributed by atoms with E-state index in [0.29, 0.717) is 22.8 Å². The zero-order valence-corrected chi connectivity index (χ0v) is 16.4. The van der Waals surface area contributed by atoms with Crippen LogP contribution < -0.4 is 0 Å². The van der Waals surface area contributed by atoms with Crippen LogP contribution in [0.25, 0.3) is 5.57 Å². The van der Waals surface area contributed by atoms with Gasteiger partial charge in [-0.2, -0.15) is 0 Å². The first kappa shape index (κ1) is 18.9. The maximum Gasteiger partial charge on any atom is 0.277 e. The van der Waals surface area contributed by atoms with Crippen molar-refractivity contribution in [2.45, 2.75) is 20.8 Å². The average Bonchev–Trinajstić information content (AvgIpc) is 2.87. The van der Waals surface area contributed by atoms with Gasteiger partial charge in [0.15, 0.2) is 0 Å². The molecule has 3 rings (SSSR count). The second kappa shape index (κ2) is 7.80. The Kier molecular flexibility index (Phi) is 5.68. The second-order valence-corrected chi connectivity index (χ2v) is 7.70. The lowest BCUT2D eigenvalue weighted by Gasteiger charge is -2.36. The SMILES string of the molecule is CCN1CCN(C2=C(c3ccc(Cl)cc3)C(=O)N(CC(C)C)C2=O)CC1. The summed E-state index contributed by atoms with van der Waals surface area (Å²) in [5, 5.41) is 0.614. The second-order valence-electron chi connectivity index (χ2n) is 7.27.